The molecule has 0 bridgehead atoms. The molecule has 0 amide bonds. The van der Waals surface area contributed by atoms with Crippen molar-refractivity contribution in [3.05, 3.63) is 54.3 Å². The summed E-state index contributed by atoms with van der Waals surface area (Å²) in [6.45, 7) is 0.119. The fourth-order valence-electron chi connectivity index (χ4n) is 1.57. The third-order valence-electron chi connectivity index (χ3n) is 2.61. The van der Waals surface area contributed by atoms with Crippen molar-refractivity contribution in [1.29, 1.82) is 0 Å². The Morgan fingerprint density at radius 1 is 1.00 bits per heavy atom. The van der Waals surface area contributed by atoms with Crippen molar-refractivity contribution in [2.75, 3.05) is 18.9 Å². The monoisotopic (exact) mass is 277 g/mol. The first-order chi connectivity index (χ1) is 9.65. The lowest BCUT2D eigenvalue weighted by atomic mass is 10.3. The van der Waals surface area contributed by atoms with Crippen molar-refractivity contribution in [3.63, 3.8) is 0 Å². The quantitative estimate of drug-likeness (QED) is 0.795. The largest absolute Gasteiger partial charge is 0.491 e. The summed E-state index contributed by atoms with van der Waals surface area (Å²) in [5.74, 6) is 0.679. The Kier molecular flexibility index (Phi) is 4.79. The maximum Gasteiger partial charge on any atom is 0.142 e. The van der Waals surface area contributed by atoms with E-state index in [2.05, 4.69) is 0 Å². The van der Waals surface area contributed by atoms with Gasteiger partial charge in [0.25, 0.3) is 0 Å². The molecule has 0 radical (unpaired) electrons. The number of anilines is 1. The predicted octanol–water partition coefficient (Wildman–Crippen LogP) is 2.23. The molecule has 0 aliphatic rings. The molecule has 0 saturated heterocycles. The van der Waals surface area contributed by atoms with Gasteiger partial charge >= 0.3 is 0 Å². The van der Waals surface area contributed by atoms with Crippen LogP contribution in [-0.2, 0) is 0 Å². The molecule has 0 saturated carbocycles. The molecule has 4 nitrogen and oxygen atoms in total. The van der Waals surface area contributed by atoms with Crippen LogP contribution in [-0.4, -0.2) is 24.4 Å². The van der Waals surface area contributed by atoms with Gasteiger partial charge < -0.3 is 20.3 Å². The molecule has 20 heavy (non-hydrogen) atoms. The third-order valence-corrected chi connectivity index (χ3v) is 2.61. The van der Waals surface area contributed by atoms with Gasteiger partial charge in [-0.15, -0.1) is 0 Å². The van der Waals surface area contributed by atoms with Gasteiger partial charge in [0.1, 0.15) is 36.6 Å². The van der Waals surface area contributed by atoms with Gasteiger partial charge in [0, 0.05) is 0 Å². The van der Waals surface area contributed by atoms with E-state index in [1.807, 2.05) is 0 Å². The first-order valence-electron chi connectivity index (χ1n) is 6.19. The molecule has 0 heterocycles. The highest BCUT2D eigenvalue weighted by molar-refractivity contribution is 5.51. The van der Waals surface area contributed by atoms with Crippen LogP contribution in [0.5, 0.6) is 11.5 Å². The number of benzene rings is 2. The topological polar surface area (TPSA) is 64.7 Å². The molecule has 1 atom stereocenters. The van der Waals surface area contributed by atoms with E-state index in [-0.39, 0.29) is 19.0 Å². The molecule has 106 valence electrons. The molecule has 3 N–H and O–H groups in total. The highest BCUT2D eigenvalue weighted by Crippen LogP contribution is 2.19. The summed E-state index contributed by atoms with van der Waals surface area (Å²) in [4.78, 5) is 0. The third kappa shape index (κ3) is 4.13. The number of halogens is 1. The van der Waals surface area contributed by atoms with Crippen LogP contribution >= 0.6 is 0 Å². The number of para-hydroxylation sites is 2. The Morgan fingerprint density at radius 2 is 1.65 bits per heavy atom. The van der Waals surface area contributed by atoms with E-state index in [0.717, 1.165) is 0 Å². The van der Waals surface area contributed by atoms with Crippen LogP contribution < -0.4 is 15.2 Å². The molecule has 2 aromatic carbocycles. The number of nitrogens with two attached hydrogens (primary N) is 1. The zero-order valence-electron chi connectivity index (χ0n) is 10.8. The normalized spacial score (nSPS) is 11.9. The minimum Gasteiger partial charge on any atom is -0.491 e. The number of ether oxygens (including phenoxy) is 2. The Bertz CT molecular complexity index is 545. The lowest BCUT2D eigenvalue weighted by molar-refractivity contribution is 0.0629. The standard InChI is InChI=1S/C15H16FNO3/c16-11-5-7-13(8-6-11)19-9-12(18)10-20-15-4-2-1-3-14(15)17/h1-8,12,18H,9-10,17H2. The van der Waals surface area contributed by atoms with Crippen molar-refractivity contribution in [2.24, 2.45) is 0 Å². The summed E-state index contributed by atoms with van der Waals surface area (Å²) in [7, 11) is 0. The zero-order valence-corrected chi connectivity index (χ0v) is 10.8. The van der Waals surface area contributed by atoms with Gasteiger partial charge in [-0.05, 0) is 36.4 Å². The second kappa shape index (κ2) is 6.77. The molecule has 1 unspecified atom stereocenters. The van der Waals surface area contributed by atoms with Gasteiger partial charge in [-0.3, -0.25) is 0 Å². The molecule has 0 fully saturated rings. The average molecular weight is 277 g/mol. The van der Waals surface area contributed by atoms with Gasteiger partial charge in [-0.25, -0.2) is 4.39 Å². The van der Waals surface area contributed by atoms with Crippen LogP contribution in [0.15, 0.2) is 48.5 Å². The second-order valence-corrected chi connectivity index (χ2v) is 4.27. The predicted molar refractivity (Wildman–Crippen MR) is 74.3 cm³/mol. The highest BCUT2D eigenvalue weighted by atomic mass is 19.1. The van der Waals surface area contributed by atoms with Crippen molar-refractivity contribution in [1.82, 2.24) is 0 Å². The smallest absolute Gasteiger partial charge is 0.142 e. The fourth-order valence-corrected chi connectivity index (χ4v) is 1.57. The molecule has 0 spiro atoms. The highest BCUT2D eigenvalue weighted by Gasteiger charge is 2.08. The summed E-state index contributed by atoms with van der Waals surface area (Å²) in [6, 6.07) is 12.6. The van der Waals surface area contributed by atoms with E-state index < -0.39 is 6.10 Å². The molecule has 5 heteroatoms. The van der Waals surface area contributed by atoms with Gasteiger partial charge in [0.2, 0.25) is 0 Å². The van der Waals surface area contributed by atoms with Gasteiger partial charge in [-0.1, -0.05) is 12.1 Å². The van der Waals surface area contributed by atoms with E-state index in [0.29, 0.717) is 17.2 Å². The van der Waals surface area contributed by atoms with Crippen LogP contribution in [0.4, 0.5) is 10.1 Å². The Labute approximate surface area is 116 Å². The van der Waals surface area contributed by atoms with Crippen molar-refractivity contribution >= 4 is 5.69 Å². The summed E-state index contributed by atoms with van der Waals surface area (Å²) in [5.41, 5.74) is 6.23. The maximum atomic E-state index is 12.7. The molecule has 2 rings (SSSR count). The lowest BCUT2D eigenvalue weighted by Gasteiger charge is -2.14. The van der Waals surface area contributed by atoms with Crippen molar-refractivity contribution < 1.29 is 19.0 Å². The van der Waals surface area contributed by atoms with Crippen molar-refractivity contribution in [3.8, 4) is 11.5 Å². The van der Waals surface area contributed by atoms with Gasteiger partial charge in [-0.2, -0.15) is 0 Å². The SMILES string of the molecule is Nc1ccccc1OCC(O)COc1ccc(F)cc1. The van der Waals surface area contributed by atoms with E-state index >= 15 is 0 Å². The lowest BCUT2D eigenvalue weighted by Crippen LogP contribution is -2.25. The Morgan fingerprint density at radius 3 is 2.35 bits per heavy atom. The van der Waals surface area contributed by atoms with Crippen LogP contribution in [0.25, 0.3) is 0 Å². The Hall–Kier alpha value is -2.27. The number of aliphatic hydroxyl groups is 1. The van der Waals surface area contributed by atoms with E-state index in [1.54, 1.807) is 24.3 Å². The molecule has 0 aliphatic carbocycles. The van der Waals surface area contributed by atoms with Gasteiger partial charge in [0.15, 0.2) is 0 Å². The number of hydrogen-bond acceptors (Lipinski definition) is 4. The fraction of sp³-hybridized carbons (Fsp3) is 0.200. The number of rotatable bonds is 6. The van der Waals surface area contributed by atoms with Crippen LogP contribution in [0, 0.1) is 5.82 Å². The van der Waals surface area contributed by atoms with Crippen LogP contribution in [0.1, 0.15) is 0 Å². The first kappa shape index (κ1) is 14.1. The number of nitrogen functional groups attached to an aromatic ring is 1. The van der Waals surface area contributed by atoms with E-state index in [4.69, 9.17) is 15.2 Å². The summed E-state index contributed by atoms with van der Waals surface area (Å²) < 4.78 is 23.4. The molecular formula is C15H16FNO3. The molecular weight excluding hydrogens is 261 g/mol. The zero-order chi connectivity index (χ0) is 14.4. The minimum absolute atomic E-state index is 0.0539. The summed E-state index contributed by atoms with van der Waals surface area (Å²) in [5, 5.41) is 9.75. The van der Waals surface area contributed by atoms with Gasteiger partial charge in [0.05, 0.1) is 5.69 Å². The summed E-state index contributed by atoms with van der Waals surface area (Å²) >= 11 is 0. The molecule has 0 aromatic heterocycles. The minimum atomic E-state index is -0.806. The molecule has 2 aromatic rings. The number of hydrogen-bond donors (Lipinski definition) is 2. The summed E-state index contributed by atoms with van der Waals surface area (Å²) in [6.07, 6.45) is -0.806. The molecule has 0 aliphatic heterocycles. The van der Waals surface area contributed by atoms with Crippen LogP contribution in [0.2, 0.25) is 0 Å². The van der Waals surface area contributed by atoms with E-state index in [9.17, 15) is 9.50 Å². The maximum absolute atomic E-state index is 12.7. The van der Waals surface area contributed by atoms with Crippen molar-refractivity contribution in [2.45, 2.75) is 6.10 Å². The van der Waals surface area contributed by atoms with E-state index in [1.165, 1.54) is 24.3 Å². The van der Waals surface area contributed by atoms with Crippen LogP contribution in [0.3, 0.4) is 0 Å². The average Bonchev–Trinajstić information content (AvgIpc) is 2.46. The number of aliphatic hydroxyl groups excluding tert-OH is 1. The Balaban J connectivity index is 1.77. The second-order valence-electron chi connectivity index (χ2n) is 4.27. The first-order valence-corrected chi connectivity index (χ1v) is 6.19.